The fourth-order valence-corrected chi connectivity index (χ4v) is 4.08. The first-order chi connectivity index (χ1) is 9.49. The Morgan fingerprint density at radius 2 is 1.90 bits per heavy atom. The molecule has 3 N–H and O–H groups in total. The van der Waals surface area contributed by atoms with E-state index in [1.54, 1.807) is 6.92 Å². The molecule has 5 nitrogen and oxygen atoms in total. The Kier molecular flexibility index (Phi) is 7.43. The molecule has 1 aliphatic rings. The van der Waals surface area contributed by atoms with Crippen LogP contribution in [0.1, 0.15) is 58.8 Å². The van der Waals surface area contributed by atoms with Crippen molar-refractivity contribution in [2.24, 2.45) is 5.84 Å². The zero-order chi connectivity index (χ0) is 15.1. The molecular weight excluding hydrogens is 276 g/mol. The Bertz CT molecular complexity index is 359. The number of sulfone groups is 1. The quantitative estimate of drug-likeness (QED) is 0.501. The van der Waals surface area contributed by atoms with E-state index < -0.39 is 9.84 Å². The molecule has 0 bridgehead atoms. The van der Waals surface area contributed by atoms with E-state index in [4.69, 9.17) is 10.6 Å². The molecule has 1 unspecified atom stereocenters. The van der Waals surface area contributed by atoms with Gasteiger partial charge in [0.2, 0.25) is 0 Å². The minimum atomic E-state index is -2.90. The molecule has 0 spiro atoms. The van der Waals surface area contributed by atoms with Crippen molar-refractivity contribution in [2.45, 2.75) is 70.4 Å². The lowest BCUT2D eigenvalue weighted by molar-refractivity contribution is -0.0916. The van der Waals surface area contributed by atoms with Crippen LogP contribution in [-0.4, -0.2) is 38.2 Å². The van der Waals surface area contributed by atoms with Gasteiger partial charge in [0.25, 0.3) is 0 Å². The van der Waals surface area contributed by atoms with Crippen molar-refractivity contribution in [3.8, 4) is 0 Å². The molecule has 1 rings (SSSR count). The summed E-state index contributed by atoms with van der Waals surface area (Å²) in [5.41, 5.74) is 2.67. The number of ether oxygens (including phenoxy) is 1. The summed E-state index contributed by atoms with van der Waals surface area (Å²) >= 11 is 0. The molecule has 1 atom stereocenters. The highest BCUT2D eigenvalue weighted by molar-refractivity contribution is 7.91. The molecule has 0 aromatic carbocycles. The van der Waals surface area contributed by atoms with Crippen LogP contribution in [0.25, 0.3) is 0 Å². The second-order valence-corrected chi connectivity index (χ2v) is 8.13. The topological polar surface area (TPSA) is 81.4 Å². The van der Waals surface area contributed by atoms with Gasteiger partial charge in [0, 0.05) is 12.4 Å². The summed E-state index contributed by atoms with van der Waals surface area (Å²) in [5.74, 6) is 6.17. The largest absolute Gasteiger partial charge is 0.374 e. The van der Waals surface area contributed by atoms with E-state index in [0.717, 1.165) is 32.1 Å². The van der Waals surface area contributed by atoms with Crippen LogP contribution in [0.4, 0.5) is 0 Å². The van der Waals surface area contributed by atoms with Gasteiger partial charge >= 0.3 is 0 Å². The van der Waals surface area contributed by atoms with E-state index in [1.165, 1.54) is 6.42 Å². The fourth-order valence-electron chi connectivity index (χ4n) is 3.18. The van der Waals surface area contributed by atoms with Crippen molar-refractivity contribution in [1.82, 2.24) is 5.43 Å². The SMILES string of the molecule is CCOC1(C(CCCS(=O)(=O)CC)NN)CCCCC1. The van der Waals surface area contributed by atoms with E-state index in [9.17, 15) is 8.42 Å². The van der Waals surface area contributed by atoms with Crippen molar-refractivity contribution in [3.63, 3.8) is 0 Å². The predicted molar refractivity (Wildman–Crippen MR) is 82.1 cm³/mol. The van der Waals surface area contributed by atoms with Crippen molar-refractivity contribution in [3.05, 3.63) is 0 Å². The van der Waals surface area contributed by atoms with E-state index in [1.807, 2.05) is 6.92 Å². The lowest BCUT2D eigenvalue weighted by atomic mass is 9.78. The molecule has 20 heavy (non-hydrogen) atoms. The average molecular weight is 306 g/mol. The molecule has 0 saturated heterocycles. The Hall–Kier alpha value is -0.170. The van der Waals surface area contributed by atoms with Crippen molar-refractivity contribution >= 4 is 9.84 Å². The van der Waals surface area contributed by atoms with Crippen LogP contribution >= 0.6 is 0 Å². The monoisotopic (exact) mass is 306 g/mol. The van der Waals surface area contributed by atoms with Gasteiger partial charge in [-0.3, -0.25) is 11.3 Å². The van der Waals surface area contributed by atoms with Crippen LogP contribution in [0, 0.1) is 0 Å². The van der Waals surface area contributed by atoms with Gasteiger partial charge in [-0.15, -0.1) is 0 Å². The van der Waals surface area contributed by atoms with E-state index in [0.29, 0.717) is 13.0 Å². The third kappa shape index (κ3) is 4.98. The first-order valence-electron chi connectivity index (χ1n) is 7.80. The molecule has 1 saturated carbocycles. The molecule has 120 valence electrons. The number of nitrogens with two attached hydrogens (primary N) is 1. The van der Waals surface area contributed by atoms with Gasteiger partial charge in [0.1, 0.15) is 9.84 Å². The highest BCUT2D eigenvalue weighted by Crippen LogP contribution is 2.36. The molecule has 0 aromatic rings. The normalized spacial score (nSPS) is 20.8. The van der Waals surface area contributed by atoms with Crippen LogP contribution in [-0.2, 0) is 14.6 Å². The summed E-state index contributed by atoms with van der Waals surface area (Å²) < 4.78 is 29.2. The zero-order valence-corrected chi connectivity index (χ0v) is 13.7. The lowest BCUT2D eigenvalue weighted by Crippen LogP contribution is -2.56. The maximum atomic E-state index is 11.6. The van der Waals surface area contributed by atoms with Crippen molar-refractivity contribution < 1.29 is 13.2 Å². The standard InChI is InChI=1S/C14H30N2O3S/c1-3-19-14(10-6-5-7-11-14)13(16-15)9-8-12-20(17,18)4-2/h13,16H,3-12,15H2,1-2H3. The number of nitrogens with one attached hydrogen (secondary N) is 1. The van der Waals surface area contributed by atoms with Crippen molar-refractivity contribution in [2.75, 3.05) is 18.1 Å². The zero-order valence-electron chi connectivity index (χ0n) is 12.9. The summed E-state index contributed by atoms with van der Waals surface area (Å²) in [6.45, 7) is 4.37. The second-order valence-electron chi connectivity index (χ2n) is 5.66. The minimum absolute atomic E-state index is 0.0369. The van der Waals surface area contributed by atoms with Gasteiger partial charge in [0.05, 0.1) is 17.4 Å². The minimum Gasteiger partial charge on any atom is -0.374 e. The Balaban J connectivity index is 2.61. The second kappa shape index (κ2) is 8.32. The number of rotatable bonds is 9. The number of hydrogen-bond donors (Lipinski definition) is 2. The van der Waals surface area contributed by atoms with Crippen LogP contribution in [0.5, 0.6) is 0 Å². The van der Waals surface area contributed by atoms with Gasteiger partial charge in [-0.1, -0.05) is 26.2 Å². The maximum absolute atomic E-state index is 11.6. The molecule has 0 heterocycles. The predicted octanol–water partition coefficient (Wildman–Crippen LogP) is 1.77. The summed E-state index contributed by atoms with van der Waals surface area (Å²) in [6, 6.07) is 0.0369. The summed E-state index contributed by atoms with van der Waals surface area (Å²) in [4.78, 5) is 0. The van der Waals surface area contributed by atoms with Crippen LogP contribution in [0.15, 0.2) is 0 Å². The van der Waals surface area contributed by atoms with Gasteiger partial charge in [-0.2, -0.15) is 0 Å². The molecule has 0 amide bonds. The average Bonchev–Trinajstić information content (AvgIpc) is 2.45. The third-order valence-electron chi connectivity index (χ3n) is 4.36. The van der Waals surface area contributed by atoms with Crippen LogP contribution in [0.2, 0.25) is 0 Å². The van der Waals surface area contributed by atoms with E-state index >= 15 is 0 Å². The number of hydrogen-bond acceptors (Lipinski definition) is 5. The van der Waals surface area contributed by atoms with Gasteiger partial charge in [0.15, 0.2) is 0 Å². The van der Waals surface area contributed by atoms with Crippen LogP contribution < -0.4 is 11.3 Å². The summed E-state index contributed by atoms with van der Waals surface area (Å²) in [6.07, 6.45) is 6.97. The van der Waals surface area contributed by atoms with Crippen LogP contribution in [0.3, 0.4) is 0 Å². The Labute approximate surface area is 123 Å². The maximum Gasteiger partial charge on any atom is 0.150 e. The fraction of sp³-hybridized carbons (Fsp3) is 1.00. The Morgan fingerprint density at radius 1 is 1.25 bits per heavy atom. The molecule has 0 radical (unpaired) electrons. The summed E-state index contributed by atoms with van der Waals surface area (Å²) in [7, 11) is -2.90. The molecule has 6 heteroatoms. The smallest absolute Gasteiger partial charge is 0.150 e. The molecular formula is C14H30N2O3S. The lowest BCUT2D eigenvalue weighted by Gasteiger charge is -2.43. The summed E-state index contributed by atoms with van der Waals surface area (Å²) in [5, 5.41) is 0. The van der Waals surface area contributed by atoms with Gasteiger partial charge < -0.3 is 4.74 Å². The molecule has 0 aliphatic heterocycles. The first kappa shape index (κ1) is 17.9. The Morgan fingerprint density at radius 3 is 2.40 bits per heavy atom. The van der Waals surface area contributed by atoms with Crippen molar-refractivity contribution in [1.29, 1.82) is 0 Å². The highest BCUT2D eigenvalue weighted by Gasteiger charge is 2.39. The molecule has 1 aliphatic carbocycles. The first-order valence-corrected chi connectivity index (χ1v) is 9.62. The van der Waals surface area contributed by atoms with Gasteiger partial charge in [-0.25, -0.2) is 8.42 Å². The highest BCUT2D eigenvalue weighted by atomic mass is 32.2. The third-order valence-corrected chi connectivity index (χ3v) is 6.15. The molecule has 0 aromatic heterocycles. The number of hydrazine groups is 1. The van der Waals surface area contributed by atoms with E-state index in [2.05, 4.69) is 5.43 Å². The van der Waals surface area contributed by atoms with E-state index in [-0.39, 0.29) is 23.1 Å². The van der Waals surface area contributed by atoms with Gasteiger partial charge in [-0.05, 0) is 32.6 Å². The molecule has 1 fully saturated rings.